The van der Waals surface area contributed by atoms with Gasteiger partial charge in [-0.3, -0.25) is 0 Å². The van der Waals surface area contributed by atoms with Crippen molar-refractivity contribution in [3.8, 4) is 0 Å². The Morgan fingerprint density at radius 1 is 1.00 bits per heavy atom. The van der Waals surface area contributed by atoms with Crippen LogP contribution in [0.5, 0.6) is 0 Å². The van der Waals surface area contributed by atoms with E-state index in [2.05, 4.69) is 40.7 Å². The van der Waals surface area contributed by atoms with Gasteiger partial charge in [0.2, 0.25) is 0 Å². The SMILES string of the molecule is CC(C)CCC[C@@H](C)[C@H]1CC[C@H]2[C@@H]3CC=C4CC(O)C(O)C[C@]4(C)[C@H]3CC[C@]12C. The van der Waals surface area contributed by atoms with Crippen molar-refractivity contribution >= 4 is 0 Å². The number of allylic oxidation sites excluding steroid dienone is 1. The number of aliphatic hydroxyl groups is 2. The minimum absolute atomic E-state index is 0.115. The number of aliphatic hydroxyl groups excluding tert-OH is 2. The molecule has 29 heavy (non-hydrogen) atoms. The summed E-state index contributed by atoms with van der Waals surface area (Å²) in [5, 5.41) is 20.7. The standard InChI is InChI=1S/C27H46O2/c1-17(2)7-6-8-18(3)21-11-12-22-20-10-9-19-15-24(28)25(29)16-27(19,5)23(20)13-14-26(21,22)4/h9,17-18,20-25,28-29H,6-8,10-16H2,1-5H3/t18-,20+,21-,22+,23+,24?,25?,26-,27+/m1/s1. The van der Waals surface area contributed by atoms with Gasteiger partial charge < -0.3 is 10.2 Å². The monoisotopic (exact) mass is 402 g/mol. The lowest BCUT2D eigenvalue weighted by Gasteiger charge is -2.59. The Hall–Kier alpha value is -0.340. The number of hydrogen-bond acceptors (Lipinski definition) is 2. The van der Waals surface area contributed by atoms with E-state index in [1.54, 1.807) is 0 Å². The van der Waals surface area contributed by atoms with Gasteiger partial charge in [-0.1, -0.05) is 65.5 Å². The van der Waals surface area contributed by atoms with Crippen molar-refractivity contribution in [3.63, 3.8) is 0 Å². The highest BCUT2D eigenvalue weighted by molar-refractivity contribution is 5.26. The molecule has 4 rings (SSSR count). The molecule has 2 heteroatoms. The molecular weight excluding hydrogens is 356 g/mol. The maximum atomic E-state index is 10.5. The third-order valence-electron chi connectivity index (χ3n) is 10.3. The summed E-state index contributed by atoms with van der Waals surface area (Å²) in [6.07, 6.45) is 13.8. The molecule has 0 amide bonds. The van der Waals surface area contributed by atoms with Gasteiger partial charge in [-0.25, -0.2) is 0 Å². The molecule has 0 heterocycles. The maximum absolute atomic E-state index is 10.5. The van der Waals surface area contributed by atoms with E-state index in [-0.39, 0.29) is 5.41 Å². The predicted octanol–water partition coefficient (Wildman–Crippen LogP) is 6.36. The van der Waals surface area contributed by atoms with Crippen molar-refractivity contribution in [1.82, 2.24) is 0 Å². The second-order valence-electron chi connectivity index (χ2n) is 12.3. The Balaban J connectivity index is 1.50. The van der Waals surface area contributed by atoms with E-state index in [1.807, 2.05) is 0 Å². The van der Waals surface area contributed by atoms with E-state index in [0.717, 1.165) is 36.0 Å². The Morgan fingerprint density at radius 3 is 2.48 bits per heavy atom. The zero-order valence-corrected chi connectivity index (χ0v) is 19.7. The lowest BCUT2D eigenvalue weighted by molar-refractivity contribution is -0.0889. The fourth-order valence-corrected chi connectivity index (χ4v) is 8.71. The normalized spacial score (nSPS) is 47.9. The molecule has 2 N–H and O–H groups in total. The van der Waals surface area contributed by atoms with Crippen LogP contribution in [0.1, 0.15) is 98.8 Å². The molecule has 0 radical (unpaired) electrons. The lowest BCUT2D eigenvalue weighted by atomic mass is 9.46. The number of fused-ring (bicyclic) bond motifs is 5. The van der Waals surface area contributed by atoms with Crippen LogP contribution in [0.2, 0.25) is 0 Å². The maximum Gasteiger partial charge on any atom is 0.0836 e. The van der Waals surface area contributed by atoms with Crippen LogP contribution in [-0.4, -0.2) is 22.4 Å². The fraction of sp³-hybridized carbons (Fsp3) is 0.926. The van der Waals surface area contributed by atoms with Crippen molar-refractivity contribution in [2.75, 3.05) is 0 Å². The van der Waals surface area contributed by atoms with Crippen molar-refractivity contribution < 1.29 is 10.2 Å². The molecule has 2 nitrogen and oxygen atoms in total. The fourth-order valence-electron chi connectivity index (χ4n) is 8.71. The van der Waals surface area contributed by atoms with Gasteiger partial charge in [0, 0.05) is 0 Å². The third-order valence-corrected chi connectivity index (χ3v) is 10.3. The van der Waals surface area contributed by atoms with Crippen molar-refractivity contribution in [3.05, 3.63) is 11.6 Å². The summed E-state index contributed by atoms with van der Waals surface area (Å²) in [6.45, 7) is 12.3. The average Bonchev–Trinajstić information content (AvgIpc) is 3.00. The molecule has 0 aromatic heterocycles. The van der Waals surface area contributed by atoms with Crippen molar-refractivity contribution in [2.45, 2.75) is 111 Å². The molecule has 0 spiro atoms. The van der Waals surface area contributed by atoms with Crippen LogP contribution in [0.15, 0.2) is 11.6 Å². The van der Waals surface area contributed by atoms with E-state index >= 15 is 0 Å². The first-order valence-electron chi connectivity index (χ1n) is 12.7. The van der Waals surface area contributed by atoms with Crippen LogP contribution in [0.25, 0.3) is 0 Å². The molecule has 0 aliphatic heterocycles. The summed E-state index contributed by atoms with van der Waals surface area (Å²) in [6, 6.07) is 0. The van der Waals surface area contributed by atoms with Crippen LogP contribution in [0, 0.1) is 46.3 Å². The molecule has 9 atom stereocenters. The molecule has 0 aromatic rings. The summed E-state index contributed by atoms with van der Waals surface area (Å²) in [4.78, 5) is 0. The molecule has 3 fully saturated rings. The molecule has 0 aromatic carbocycles. The quantitative estimate of drug-likeness (QED) is 0.525. The van der Waals surface area contributed by atoms with Gasteiger partial charge in [0.1, 0.15) is 0 Å². The van der Waals surface area contributed by atoms with Crippen LogP contribution in [-0.2, 0) is 0 Å². The third kappa shape index (κ3) is 3.65. The molecule has 166 valence electrons. The van der Waals surface area contributed by atoms with Crippen LogP contribution in [0.4, 0.5) is 0 Å². The molecule has 2 unspecified atom stereocenters. The lowest BCUT2D eigenvalue weighted by Crippen LogP contribution is -2.53. The Bertz CT molecular complexity index is 624. The number of hydrogen-bond donors (Lipinski definition) is 2. The summed E-state index contributed by atoms with van der Waals surface area (Å²) in [7, 11) is 0. The molecule has 4 aliphatic carbocycles. The highest BCUT2D eigenvalue weighted by Gasteiger charge is 2.59. The van der Waals surface area contributed by atoms with Crippen LogP contribution >= 0.6 is 0 Å². The summed E-state index contributed by atoms with van der Waals surface area (Å²) >= 11 is 0. The smallest absolute Gasteiger partial charge is 0.0836 e. The van der Waals surface area contributed by atoms with Gasteiger partial charge in [0.25, 0.3) is 0 Å². The largest absolute Gasteiger partial charge is 0.390 e. The Morgan fingerprint density at radius 2 is 1.76 bits per heavy atom. The van der Waals surface area contributed by atoms with Crippen molar-refractivity contribution in [2.24, 2.45) is 46.3 Å². The minimum atomic E-state index is -0.553. The highest BCUT2D eigenvalue weighted by atomic mass is 16.3. The van der Waals surface area contributed by atoms with Gasteiger partial charge in [-0.15, -0.1) is 0 Å². The molecular formula is C27H46O2. The van der Waals surface area contributed by atoms with Gasteiger partial charge in [0.05, 0.1) is 12.2 Å². The molecule has 3 saturated carbocycles. The second kappa shape index (κ2) is 7.97. The minimum Gasteiger partial charge on any atom is -0.390 e. The predicted molar refractivity (Wildman–Crippen MR) is 120 cm³/mol. The van der Waals surface area contributed by atoms with E-state index < -0.39 is 12.2 Å². The van der Waals surface area contributed by atoms with Gasteiger partial charge in [-0.2, -0.15) is 0 Å². The first-order chi connectivity index (χ1) is 13.7. The van der Waals surface area contributed by atoms with Gasteiger partial charge in [-0.05, 0) is 91.3 Å². The van der Waals surface area contributed by atoms with Gasteiger partial charge >= 0.3 is 0 Å². The van der Waals surface area contributed by atoms with Crippen LogP contribution in [0.3, 0.4) is 0 Å². The Kier molecular flexibility index (Phi) is 6.01. The molecule has 0 bridgehead atoms. The summed E-state index contributed by atoms with van der Waals surface area (Å²) < 4.78 is 0. The van der Waals surface area contributed by atoms with E-state index in [0.29, 0.717) is 17.8 Å². The van der Waals surface area contributed by atoms with E-state index in [1.165, 1.54) is 56.9 Å². The van der Waals surface area contributed by atoms with Crippen molar-refractivity contribution in [1.29, 1.82) is 0 Å². The molecule has 0 saturated heterocycles. The summed E-state index contributed by atoms with van der Waals surface area (Å²) in [5.74, 6) is 4.95. The zero-order valence-electron chi connectivity index (χ0n) is 19.7. The number of rotatable bonds is 5. The topological polar surface area (TPSA) is 40.5 Å². The molecule has 4 aliphatic rings. The highest BCUT2D eigenvalue weighted by Crippen LogP contribution is 2.67. The Labute approximate surface area is 179 Å². The zero-order chi connectivity index (χ0) is 21.0. The van der Waals surface area contributed by atoms with E-state index in [4.69, 9.17) is 0 Å². The summed E-state index contributed by atoms with van der Waals surface area (Å²) in [5.41, 5.74) is 2.09. The van der Waals surface area contributed by atoms with Crippen LogP contribution < -0.4 is 0 Å². The van der Waals surface area contributed by atoms with E-state index in [9.17, 15) is 10.2 Å². The first kappa shape index (κ1) is 21.9. The average molecular weight is 403 g/mol. The second-order valence-corrected chi connectivity index (χ2v) is 12.3. The van der Waals surface area contributed by atoms with Gasteiger partial charge in [0.15, 0.2) is 0 Å². The first-order valence-corrected chi connectivity index (χ1v) is 12.7.